The van der Waals surface area contributed by atoms with Crippen molar-refractivity contribution in [2.24, 2.45) is 0 Å². The van der Waals surface area contributed by atoms with Crippen molar-refractivity contribution in [1.29, 1.82) is 0 Å². The Morgan fingerprint density at radius 1 is 0.919 bits per heavy atom. The zero-order valence-electron chi connectivity index (χ0n) is 21.0. The fourth-order valence-electron chi connectivity index (χ4n) is 3.78. The van der Waals surface area contributed by atoms with Crippen molar-refractivity contribution in [3.63, 3.8) is 0 Å². The number of nitrogens with zero attached hydrogens (tertiary/aromatic N) is 2. The molecule has 1 unspecified atom stereocenters. The maximum atomic E-state index is 13.8. The summed E-state index contributed by atoms with van der Waals surface area (Å²) in [6.07, 6.45) is 0. The van der Waals surface area contributed by atoms with Crippen LogP contribution in [0.25, 0.3) is 0 Å². The number of hydrogen-bond donors (Lipinski definition) is 1. The molecule has 0 saturated carbocycles. The van der Waals surface area contributed by atoms with Gasteiger partial charge in [-0.25, -0.2) is 8.42 Å². The van der Waals surface area contributed by atoms with Crippen LogP contribution in [-0.2, 0) is 26.2 Å². The SMILES string of the molecule is CNC(=O)C(C)N(Cc1ccc(Cl)c(Cl)c1)C(=O)CN(c1cccc(C)c1)S(=O)(=O)c1ccc(C)cc1. The van der Waals surface area contributed by atoms with Gasteiger partial charge in [0.15, 0.2) is 0 Å². The van der Waals surface area contributed by atoms with E-state index >= 15 is 0 Å². The highest BCUT2D eigenvalue weighted by molar-refractivity contribution is 7.92. The molecule has 7 nitrogen and oxygen atoms in total. The van der Waals surface area contributed by atoms with Gasteiger partial charge in [-0.2, -0.15) is 0 Å². The molecule has 0 saturated heterocycles. The number of sulfonamides is 1. The maximum Gasteiger partial charge on any atom is 0.264 e. The van der Waals surface area contributed by atoms with Gasteiger partial charge in [0.05, 0.1) is 20.6 Å². The Bertz CT molecular complexity index is 1400. The van der Waals surface area contributed by atoms with Crippen molar-refractivity contribution in [3.05, 3.63) is 93.5 Å². The lowest BCUT2D eigenvalue weighted by Crippen LogP contribution is -2.50. The van der Waals surface area contributed by atoms with E-state index in [1.165, 1.54) is 24.1 Å². The number of carbonyl (C=O) groups excluding carboxylic acids is 2. The largest absolute Gasteiger partial charge is 0.357 e. The number of likely N-dealkylation sites (N-methyl/N-ethyl adjacent to an activating group) is 1. The minimum Gasteiger partial charge on any atom is -0.357 e. The van der Waals surface area contributed by atoms with Gasteiger partial charge in [0.2, 0.25) is 11.8 Å². The number of hydrogen-bond acceptors (Lipinski definition) is 4. The number of amides is 2. The van der Waals surface area contributed by atoms with Gasteiger partial charge in [-0.1, -0.05) is 59.1 Å². The van der Waals surface area contributed by atoms with Crippen LogP contribution in [0, 0.1) is 13.8 Å². The van der Waals surface area contributed by atoms with Crippen molar-refractivity contribution in [2.45, 2.75) is 38.3 Å². The van der Waals surface area contributed by atoms with Crippen molar-refractivity contribution >= 4 is 50.7 Å². The summed E-state index contributed by atoms with van der Waals surface area (Å²) < 4.78 is 28.6. The van der Waals surface area contributed by atoms with Gasteiger partial charge in [-0.15, -0.1) is 0 Å². The highest BCUT2D eigenvalue weighted by Crippen LogP contribution is 2.27. The third-order valence-corrected chi connectivity index (χ3v) is 8.46. The molecule has 3 aromatic carbocycles. The van der Waals surface area contributed by atoms with Gasteiger partial charge < -0.3 is 10.2 Å². The van der Waals surface area contributed by atoms with Crippen LogP contribution < -0.4 is 9.62 Å². The first-order chi connectivity index (χ1) is 17.4. The van der Waals surface area contributed by atoms with Crippen LogP contribution in [0.4, 0.5) is 5.69 Å². The van der Waals surface area contributed by atoms with Crippen LogP contribution in [0.15, 0.2) is 71.6 Å². The molecule has 0 aliphatic heterocycles. The van der Waals surface area contributed by atoms with Gasteiger partial charge in [0, 0.05) is 13.6 Å². The van der Waals surface area contributed by atoms with Crippen molar-refractivity contribution in [2.75, 3.05) is 17.9 Å². The molecule has 2 amide bonds. The standard InChI is InChI=1S/C27H29Cl2N3O4S/c1-18-8-11-23(12-9-18)37(35,36)32(22-7-5-6-19(2)14-22)17-26(33)31(20(3)27(34)30-4)16-21-10-13-24(28)25(29)15-21/h5-15,20H,16-17H2,1-4H3,(H,30,34). The lowest BCUT2D eigenvalue weighted by molar-refractivity contribution is -0.139. The molecule has 0 bridgehead atoms. The topological polar surface area (TPSA) is 86.8 Å². The normalized spacial score (nSPS) is 12.1. The summed E-state index contributed by atoms with van der Waals surface area (Å²) in [5, 5.41) is 3.21. The first-order valence-electron chi connectivity index (χ1n) is 11.5. The van der Waals surface area contributed by atoms with E-state index in [0.717, 1.165) is 15.4 Å². The van der Waals surface area contributed by atoms with E-state index in [2.05, 4.69) is 5.32 Å². The Kier molecular flexibility index (Phi) is 9.23. The summed E-state index contributed by atoms with van der Waals surface area (Å²) >= 11 is 12.2. The summed E-state index contributed by atoms with van der Waals surface area (Å²) in [6.45, 7) is 4.80. The maximum absolute atomic E-state index is 13.8. The average Bonchev–Trinajstić information content (AvgIpc) is 2.87. The quantitative estimate of drug-likeness (QED) is 0.399. The Morgan fingerprint density at radius 3 is 2.19 bits per heavy atom. The predicted octanol–water partition coefficient (Wildman–Crippen LogP) is 4.97. The Morgan fingerprint density at radius 2 is 1.59 bits per heavy atom. The number of benzene rings is 3. The molecule has 37 heavy (non-hydrogen) atoms. The second kappa shape index (κ2) is 12.0. The summed E-state index contributed by atoms with van der Waals surface area (Å²) in [5.41, 5.74) is 2.72. The van der Waals surface area contributed by atoms with E-state index in [-0.39, 0.29) is 11.4 Å². The first-order valence-corrected chi connectivity index (χ1v) is 13.7. The molecule has 0 fully saturated rings. The Hall–Kier alpha value is -3.07. The van der Waals surface area contributed by atoms with Gasteiger partial charge in [-0.05, 0) is 68.3 Å². The van der Waals surface area contributed by atoms with Crippen LogP contribution >= 0.6 is 23.2 Å². The molecule has 3 aromatic rings. The molecule has 196 valence electrons. The van der Waals surface area contributed by atoms with Gasteiger partial charge in [0.25, 0.3) is 10.0 Å². The molecule has 0 spiro atoms. The number of aryl methyl sites for hydroxylation is 2. The molecule has 0 aliphatic rings. The van der Waals surface area contributed by atoms with E-state index in [9.17, 15) is 18.0 Å². The molecule has 0 aliphatic carbocycles. The number of halogens is 2. The first kappa shape index (κ1) is 28.5. The molecule has 1 N–H and O–H groups in total. The van der Waals surface area contributed by atoms with Gasteiger partial charge >= 0.3 is 0 Å². The Balaban J connectivity index is 2.04. The summed E-state index contributed by atoms with van der Waals surface area (Å²) in [7, 11) is -2.63. The summed E-state index contributed by atoms with van der Waals surface area (Å²) in [4.78, 5) is 27.7. The predicted molar refractivity (Wildman–Crippen MR) is 147 cm³/mol. The summed E-state index contributed by atoms with van der Waals surface area (Å²) in [5.74, 6) is -0.948. The third-order valence-electron chi connectivity index (χ3n) is 5.93. The van der Waals surface area contributed by atoms with Crippen molar-refractivity contribution in [1.82, 2.24) is 10.2 Å². The lowest BCUT2D eigenvalue weighted by atomic mass is 10.1. The highest BCUT2D eigenvalue weighted by Gasteiger charge is 2.32. The van der Waals surface area contributed by atoms with Crippen LogP contribution in [0.2, 0.25) is 10.0 Å². The van der Waals surface area contributed by atoms with E-state index in [1.54, 1.807) is 55.5 Å². The molecule has 0 radical (unpaired) electrons. The van der Waals surface area contributed by atoms with E-state index in [4.69, 9.17) is 23.2 Å². The molecule has 0 aromatic heterocycles. The van der Waals surface area contributed by atoms with E-state index < -0.39 is 34.4 Å². The highest BCUT2D eigenvalue weighted by atomic mass is 35.5. The number of carbonyl (C=O) groups is 2. The van der Waals surface area contributed by atoms with Crippen molar-refractivity contribution < 1.29 is 18.0 Å². The Labute approximate surface area is 228 Å². The molecule has 1 atom stereocenters. The van der Waals surface area contributed by atoms with E-state index in [0.29, 0.717) is 21.3 Å². The number of anilines is 1. The fraction of sp³-hybridized carbons (Fsp3) is 0.259. The molecule has 10 heteroatoms. The molecular weight excluding hydrogens is 533 g/mol. The smallest absolute Gasteiger partial charge is 0.264 e. The van der Waals surface area contributed by atoms with Gasteiger partial charge in [-0.3, -0.25) is 13.9 Å². The second-order valence-electron chi connectivity index (χ2n) is 8.72. The summed E-state index contributed by atoms with van der Waals surface area (Å²) in [6, 6.07) is 17.4. The van der Waals surface area contributed by atoms with Gasteiger partial charge in [0.1, 0.15) is 12.6 Å². The third kappa shape index (κ3) is 6.83. The fourth-order valence-corrected chi connectivity index (χ4v) is 5.50. The van der Waals surface area contributed by atoms with Crippen LogP contribution in [0.5, 0.6) is 0 Å². The van der Waals surface area contributed by atoms with Crippen LogP contribution in [-0.4, -0.2) is 44.8 Å². The van der Waals surface area contributed by atoms with Crippen LogP contribution in [0.3, 0.4) is 0 Å². The zero-order valence-corrected chi connectivity index (χ0v) is 23.4. The van der Waals surface area contributed by atoms with E-state index in [1.807, 2.05) is 19.9 Å². The monoisotopic (exact) mass is 561 g/mol. The average molecular weight is 563 g/mol. The molecular formula is C27H29Cl2N3O4S. The second-order valence-corrected chi connectivity index (χ2v) is 11.4. The lowest BCUT2D eigenvalue weighted by Gasteiger charge is -2.32. The van der Waals surface area contributed by atoms with Crippen molar-refractivity contribution in [3.8, 4) is 0 Å². The minimum absolute atomic E-state index is 0.0244. The number of nitrogens with one attached hydrogen (secondary N) is 1. The van der Waals surface area contributed by atoms with Crippen LogP contribution in [0.1, 0.15) is 23.6 Å². The number of rotatable bonds is 9. The minimum atomic E-state index is -4.11. The molecule has 0 heterocycles. The molecule has 3 rings (SSSR count). The zero-order chi connectivity index (χ0) is 27.3.